The fourth-order valence-electron chi connectivity index (χ4n) is 3.30. The molecular formula is C14H23NO3. The summed E-state index contributed by atoms with van der Waals surface area (Å²) in [5.41, 5.74) is -0.829. The molecule has 2 fully saturated rings. The van der Waals surface area contributed by atoms with E-state index in [1.807, 2.05) is 0 Å². The minimum atomic E-state index is -1.29. The van der Waals surface area contributed by atoms with Gasteiger partial charge in [-0.15, -0.1) is 0 Å². The Kier molecular flexibility index (Phi) is 3.39. The number of carbonyl (C=O) groups is 2. The van der Waals surface area contributed by atoms with Crippen LogP contribution in [0.2, 0.25) is 0 Å². The van der Waals surface area contributed by atoms with Gasteiger partial charge in [-0.1, -0.05) is 12.8 Å². The van der Waals surface area contributed by atoms with Crippen molar-refractivity contribution in [1.29, 1.82) is 0 Å². The first kappa shape index (κ1) is 13.4. The average Bonchev–Trinajstić information content (AvgIpc) is 2.77. The fraction of sp³-hybridized carbons (Fsp3) is 0.857. The minimum absolute atomic E-state index is 0.233. The van der Waals surface area contributed by atoms with E-state index in [4.69, 9.17) is 5.11 Å². The highest BCUT2D eigenvalue weighted by atomic mass is 16.4. The monoisotopic (exact) mass is 253 g/mol. The molecule has 0 radical (unpaired) electrons. The van der Waals surface area contributed by atoms with Crippen LogP contribution < -0.4 is 0 Å². The SMILES string of the molecule is CC(C)(C(=O)O)C(=O)N1CCC2(CCCC2)CC1. The van der Waals surface area contributed by atoms with Crippen molar-refractivity contribution >= 4 is 11.9 Å². The van der Waals surface area contributed by atoms with Crippen molar-refractivity contribution in [2.45, 2.75) is 52.4 Å². The van der Waals surface area contributed by atoms with Gasteiger partial charge in [-0.3, -0.25) is 9.59 Å². The quantitative estimate of drug-likeness (QED) is 0.768. The number of aliphatic carboxylic acids is 1. The Morgan fingerprint density at radius 2 is 1.56 bits per heavy atom. The Labute approximate surface area is 108 Å². The maximum absolute atomic E-state index is 12.2. The standard InChI is InChI=1S/C14H23NO3/c1-13(2,12(17)18)11(16)15-9-7-14(8-10-15)5-3-4-6-14/h3-10H2,1-2H3,(H,17,18). The Hall–Kier alpha value is -1.06. The lowest BCUT2D eigenvalue weighted by Gasteiger charge is -2.41. The molecule has 1 aliphatic heterocycles. The molecule has 2 rings (SSSR count). The van der Waals surface area contributed by atoms with Gasteiger partial charge in [0.1, 0.15) is 5.41 Å². The molecule has 1 aliphatic carbocycles. The third kappa shape index (κ3) is 2.25. The van der Waals surface area contributed by atoms with E-state index in [1.165, 1.54) is 39.5 Å². The molecular weight excluding hydrogens is 230 g/mol. The summed E-state index contributed by atoms with van der Waals surface area (Å²) in [5, 5.41) is 9.10. The molecule has 0 unspecified atom stereocenters. The number of likely N-dealkylation sites (tertiary alicyclic amines) is 1. The summed E-state index contributed by atoms with van der Waals surface area (Å²) in [4.78, 5) is 25.1. The van der Waals surface area contributed by atoms with Crippen LogP contribution in [-0.4, -0.2) is 35.0 Å². The highest BCUT2D eigenvalue weighted by Crippen LogP contribution is 2.46. The van der Waals surface area contributed by atoms with Gasteiger partial charge in [0.25, 0.3) is 0 Å². The number of amides is 1. The number of carboxylic acid groups (broad SMARTS) is 1. The van der Waals surface area contributed by atoms with Crippen LogP contribution in [0.1, 0.15) is 52.4 Å². The third-order valence-electron chi connectivity index (χ3n) is 4.84. The smallest absolute Gasteiger partial charge is 0.318 e. The molecule has 0 bridgehead atoms. The second-order valence-electron chi connectivity index (χ2n) is 6.43. The highest BCUT2D eigenvalue weighted by molar-refractivity contribution is 6.01. The molecule has 4 nitrogen and oxygen atoms in total. The number of nitrogens with zero attached hydrogens (tertiary/aromatic N) is 1. The maximum Gasteiger partial charge on any atom is 0.318 e. The molecule has 1 saturated heterocycles. The summed E-state index contributed by atoms with van der Waals surface area (Å²) in [7, 11) is 0. The van der Waals surface area contributed by atoms with Crippen LogP contribution in [0.15, 0.2) is 0 Å². The van der Waals surface area contributed by atoms with Crippen molar-refractivity contribution in [2.24, 2.45) is 10.8 Å². The van der Waals surface area contributed by atoms with E-state index < -0.39 is 11.4 Å². The summed E-state index contributed by atoms with van der Waals surface area (Å²) in [6.45, 7) is 4.46. The predicted octanol–water partition coefficient (Wildman–Crippen LogP) is 2.28. The molecule has 2 aliphatic rings. The molecule has 0 aromatic carbocycles. The van der Waals surface area contributed by atoms with Gasteiger partial charge in [-0.2, -0.15) is 0 Å². The van der Waals surface area contributed by atoms with Crippen molar-refractivity contribution in [3.8, 4) is 0 Å². The number of hydrogen-bond acceptors (Lipinski definition) is 2. The molecule has 1 saturated carbocycles. The zero-order chi connectivity index (χ0) is 13.4. The van der Waals surface area contributed by atoms with Crippen molar-refractivity contribution in [1.82, 2.24) is 4.90 Å². The Bertz CT molecular complexity index is 346. The van der Waals surface area contributed by atoms with Crippen LogP contribution in [-0.2, 0) is 9.59 Å². The van der Waals surface area contributed by atoms with Crippen LogP contribution in [0.25, 0.3) is 0 Å². The summed E-state index contributed by atoms with van der Waals surface area (Å²) in [5.74, 6) is -1.27. The Morgan fingerprint density at radius 1 is 1.06 bits per heavy atom. The van der Waals surface area contributed by atoms with Crippen molar-refractivity contribution in [3.05, 3.63) is 0 Å². The first-order valence-corrected chi connectivity index (χ1v) is 6.90. The largest absolute Gasteiger partial charge is 0.480 e. The number of hydrogen-bond donors (Lipinski definition) is 1. The Balaban J connectivity index is 1.97. The lowest BCUT2D eigenvalue weighted by molar-refractivity contribution is -0.159. The minimum Gasteiger partial charge on any atom is -0.480 e. The first-order valence-electron chi connectivity index (χ1n) is 6.90. The second-order valence-corrected chi connectivity index (χ2v) is 6.43. The van der Waals surface area contributed by atoms with Crippen LogP contribution in [0.5, 0.6) is 0 Å². The normalized spacial score (nSPS) is 23.3. The number of piperidine rings is 1. The molecule has 102 valence electrons. The molecule has 4 heteroatoms. The van der Waals surface area contributed by atoms with E-state index >= 15 is 0 Å². The first-order chi connectivity index (χ1) is 8.37. The second kappa shape index (κ2) is 4.56. The summed E-state index contributed by atoms with van der Waals surface area (Å²) < 4.78 is 0. The lowest BCUT2D eigenvalue weighted by atomic mass is 9.76. The van der Waals surface area contributed by atoms with Gasteiger partial charge >= 0.3 is 5.97 Å². The van der Waals surface area contributed by atoms with Crippen molar-refractivity contribution in [2.75, 3.05) is 13.1 Å². The molecule has 0 aromatic rings. The van der Waals surface area contributed by atoms with E-state index in [0.717, 1.165) is 25.9 Å². The van der Waals surface area contributed by atoms with Gasteiger partial charge in [0, 0.05) is 13.1 Å². The van der Waals surface area contributed by atoms with Gasteiger partial charge in [-0.05, 0) is 44.9 Å². The van der Waals surface area contributed by atoms with Gasteiger partial charge < -0.3 is 10.0 Å². The van der Waals surface area contributed by atoms with Gasteiger partial charge in [-0.25, -0.2) is 0 Å². The molecule has 1 heterocycles. The van der Waals surface area contributed by atoms with Crippen LogP contribution >= 0.6 is 0 Å². The van der Waals surface area contributed by atoms with E-state index in [1.54, 1.807) is 4.90 Å². The van der Waals surface area contributed by atoms with E-state index in [9.17, 15) is 9.59 Å². The zero-order valence-corrected chi connectivity index (χ0v) is 11.4. The van der Waals surface area contributed by atoms with Crippen LogP contribution in [0, 0.1) is 10.8 Å². The molecule has 0 aromatic heterocycles. The summed E-state index contributed by atoms with van der Waals surface area (Å²) in [6.07, 6.45) is 7.31. The zero-order valence-electron chi connectivity index (χ0n) is 11.4. The third-order valence-corrected chi connectivity index (χ3v) is 4.84. The van der Waals surface area contributed by atoms with Gasteiger partial charge in [0.15, 0.2) is 0 Å². The molecule has 1 N–H and O–H groups in total. The predicted molar refractivity (Wildman–Crippen MR) is 68.1 cm³/mol. The Morgan fingerprint density at radius 3 is 2.00 bits per heavy atom. The number of carboxylic acids is 1. The van der Waals surface area contributed by atoms with Crippen molar-refractivity contribution in [3.63, 3.8) is 0 Å². The molecule has 1 spiro atoms. The number of carbonyl (C=O) groups excluding carboxylic acids is 1. The van der Waals surface area contributed by atoms with E-state index in [2.05, 4.69) is 0 Å². The molecule has 0 atom stereocenters. The summed E-state index contributed by atoms with van der Waals surface area (Å²) in [6, 6.07) is 0. The fourth-order valence-corrected chi connectivity index (χ4v) is 3.30. The molecule has 18 heavy (non-hydrogen) atoms. The highest BCUT2D eigenvalue weighted by Gasteiger charge is 2.43. The van der Waals surface area contributed by atoms with Crippen molar-refractivity contribution < 1.29 is 14.7 Å². The topological polar surface area (TPSA) is 57.6 Å². The van der Waals surface area contributed by atoms with Crippen LogP contribution in [0.3, 0.4) is 0 Å². The lowest BCUT2D eigenvalue weighted by Crippen LogP contribution is -2.49. The molecule has 1 amide bonds. The van der Waals surface area contributed by atoms with Crippen LogP contribution in [0.4, 0.5) is 0 Å². The van der Waals surface area contributed by atoms with E-state index in [0.29, 0.717) is 5.41 Å². The summed E-state index contributed by atoms with van der Waals surface area (Å²) >= 11 is 0. The maximum atomic E-state index is 12.2. The van der Waals surface area contributed by atoms with Gasteiger partial charge in [0.2, 0.25) is 5.91 Å². The van der Waals surface area contributed by atoms with E-state index in [-0.39, 0.29) is 5.91 Å². The average molecular weight is 253 g/mol. The number of rotatable bonds is 2. The van der Waals surface area contributed by atoms with Gasteiger partial charge in [0.05, 0.1) is 0 Å².